The summed E-state index contributed by atoms with van der Waals surface area (Å²) in [4.78, 5) is 37.9. The van der Waals surface area contributed by atoms with E-state index in [1.165, 1.54) is 11.3 Å². The molecular weight excluding hydrogens is 434 g/mol. The lowest BCUT2D eigenvalue weighted by molar-refractivity contribution is -0.139. The molecule has 9 heteroatoms. The van der Waals surface area contributed by atoms with Gasteiger partial charge >= 0.3 is 5.97 Å². The first-order valence-electron chi connectivity index (χ1n) is 9.44. The predicted molar refractivity (Wildman–Crippen MR) is 124 cm³/mol. The number of hydrogen-bond donors (Lipinski definition) is 3. The number of nitrogens with one attached hydrogen (secondary N) is 1. The van der Waals surface area contributed by atoms with Crippen LogP contribution in [0.1, 0.15) is 32.5 Å². The van der Waals surface area contributed by atoms with Gasteiger partial charge in [0, 0.05) is 16.9 Å². The third-order valence-electron chi connectivity index (χ3n) is 4.76. The number of anilines is 1. The van der Waals surface area contributed by atoms with Crippen molar-refractivity contribution in [1.82, 2.24) is 0 Å². The van der Waals surface area contributed by atoms with E-state index in [4.69, 9.17) is 16.2 Å². The smallest absolute Gasteiger partial charge is 0.323 e. The van der Waals surface area contributed by atoms with E-state index in [0.29, 0.717) is 31.8 Å². The number of hydrogen-bond acceptors (Lipinski definition) is 9. The fourth-order valence-electron chi connectivity index (χ4n) is 3.03. The van der Waals surface area contributed by atoms with E-state index in [2.05, 4.69) is 11.9 Å². The Hall–Kier alpha value is -2.88. The van der Waals surface area contributed by atoms with Gasteiger partial charge in [-0.15, -0.1) is 11.3 Å². The zero-order valence-corrected chi connectivity index (χ0v) is 18.8. The molecular formula is C22H23N3O4S2. The third kappa shape index (κ3) is 5.07. The molecule has 3 rings (SSSR count). The van der Waals surface area contributed by atoms with Crippen LogP contribution in [0.25, 0.3) is 0 Å². The maximum Gasteiger partial charge on any atom is 0.323 e. The fourth-order valence-corrected chi connectivity index (χ4v) is 4.74. The second kappa shape index (κ2) is 9.51. The molecule has 1 aromatic carbocycles. The standard InChI is InChI=1S/C22H23N3O4S2/c1-11-8-9-30-20(11)19(27)21(12(2)23)31-13(3)25-15-6-4-14(5-7-15)18(26)16-10-29-22(28)17(16)24/h4-9,16-17,25H,3,10,23-24H2,1-2H3/b21-12+. The van der Waals surface area contributed by atoms with Crippen LogP contribution in [-0.4, -0.2) is 30.2 Å². The van der Waals surface area contributed by atoms with Crippen LogP contribution < -0.4 is 16.8 Å². The Morgan fingerprint density at radius 3 is 2.45 bits per heavy atom. The third-order valence-corrected chi connectivity index (χ3v) is 6.83. The number of ether oxygens (including phenoxy) is 1. The molecule has 31 heavy (non-hydrogen) atoms. The lowest BCUT2D eigenvalue weighted by Gasteiger charge is -2.13. The maximum atomic E-state index is 12.9. The molecule has 1 fully saturated rings. The lowest BCUT2D eigenvalue weighted by atomic mass is 9.93. The molecule has 5 N–H and O–H groups in total. The van der Waals surface area contributed by atoms with Gasteiger partial charge in [0.1, 0.15) is 12.6 Å². The minimum absolute atomic E-state index is 0.00241. The molecule has 2 atom stereocenters. The van der Waals surface area contributed by atoms with Crippen molar-refractivity contribution in [2.45, 2.75) is 19.9 Å². The zero-order valence-electron chi connectivity index (χ0n) is 17.1. The Labute approximate surface area is 188 Å². The molecule has 0 aliphatic carbocycles. The summed E-state index contributed by atoms with van der Waals surface area (Å²) in [6.45, 7) is 7.53. The number of carbonyl (C=O) groups excluding carboxylic acids is 3. The van der Waals surface area contributed by atoms with Gasteiger partial charge in [0.2, 0.25) is 5.78 Å². The molecule has 2 aromatic rings. The Bertz CT molecular complexity index is 1070. The highest BCUT2D eigenvalue weighted by Gasteiger charge is 2.39. The molecule has 2 heterocycles. The van der Waals surface area contributed by atoms with Gasteiger partial charge in [0.25, 0.3) is 0 Å². The molecule has 0 amide bonds. The summed E-state index contributed by atoms with van der Waals surface area (Å²) >= 11 is 2.54. The number of rotatable bonds is 8. The number of allylic oxidation sites excluding steroid dienone is 2. The van der Waals surface area contributed by atoms with E-state index in [1.807, 2.05) is 18.4 Å². The van der Waals surface area contributed by atoms with E-state index in [9.17, 15) is 14.4 Å². The second-order valence-electron chi connectivity index (χ2n) is 7.13. The van der Waals surface area contributed by atoms with Crippen molar-refractivity contribution in [3.63, 3.8) is 0 Å². The first-order chi connectivity index (χ1) is 14.7. The van der Waals surface area contributed by atoms with Gasteiger partial charge in [-0.2, -0.15) is 0 Å². The molecule has 2 unspecified atom stereocenters. The number of thioether (sulfide) groups is 1. The van der Waals surface area contributed by atoms with Crippen molar-refractivity contribution in [3.8, 4) is 0 Å². The Morgan fingerprint density at radius 2 is 1.94 bits per heavy atom. The first-order valence-corrected chi connectivity index (χ1v) is 11.1. The summed E-state index contributed by atoms with van der Waals surface area (Å²) in [5.41, 5.74) is 14.1. The fraction of sp³-hybridized carbons (Fsp3) is 0.227. The maximum absolute atomic E-state index is 12.9. The minimum Gasteiger partial charge on any atom is -0.464 e. The Kier molecular flexibility index (Phi) is 6.99. The first kappa shape index (κ1) is 22.8. The number of Topliss-reactive ketones (excluding diaryl/α,β-unsaturated/α-hetero) is 2. The van der Waals surface area contributed by atoms with Gasteiger partial charge in [-0.05, 0) is 55.1 Å². The normalized spacial score (nSPS) is 18.9. The average molecular weight is 458 g/mol. The van der Waals surface area contributed by atoms with Crippen molar-refractivity contribution in [1.29, 1.82) is 0 Å². The number of thiophene rings is 1. The second-order valence-corrected chi connectivity index (χ2v) is 9.15. The van der Waals surface area contributed by atoms with Gasteiger partial charge < -0.3 is 21.5 Å². The number of benzene rings is 1. The van der Waals surface area contributed by atoms with Crippen molar-refractivity contribution in [3.05, 3.63) is 73.9 Å². The van der Waals surface area contributed by atoms with E-state index >= 15 is 0 Å². The number of nitrogens with two attached hydrogens (primary N) is 2. The summed E-state index contributed by atoms with van der Waals surface area (Å²) in [5, 5.41) is 5.49. The quantitative estimate of drug-likeness (QED) is 0.313. The molecule has 1 aliphatic rings. The lowest BCUT2D eigenvalue weighted by Crippen LogP contribution is -2.36. The van der Waals surface area contributed by atoms with Gasteiger partial charge in [-0.1, -0.05) is 18.3 Å². The topological polar surface area (TPSA) is 125 Å². The molecule has 1 aliphatic heterocycles. The number of esters is 1. The average Bonchev–Trinajstić information content (AvgIpc) is 3.31. The number of carbonyl (C=O) groups is 3. The van der Waals surface area contributed by atoms with E-state index in [0.717, 1.165) is 17.3 Å². The van der Waals surface area contributed by atoms with Crippen LogP contribution in [0.2, 0.25) is 0 Å². The van der Waals surface area contributed by atoms with Crippen LogP contribution >= 0.6 is 23.1 Å². The predicted octanol–water partition coefficient (Wildman–Crippen LogP) is 3.43. The van der Waals surface area contributed by atoms with Crippen LogP contribution in [0.5, 0.6) is 0 Å². The van der Waals surface area contributed by atoms with Crippen molar-refractivity contribution in [2.24, 2.45) is 17.4 Å². The molecule has 0 radical (unpaired) electrons. The highest BCUT2D eigenvalue weighted by Crippen LogP contribution is 2.32. The molecule has 7 nitrogen and oxygen atoms in total. The summed E-state index contributed by atoms with van der Waals surface area (Å²) in [6, 6.07) is 7.67. The van der Waals surface area contributed by atoms with E-state index in [1.54, 1.807) is 31.2 Å². The van der Waals surface area contributed by atoms with Crippen LogP contribution in [0.4, 0.5) is 5.69 Å². The highest BCUT2D eigenvalue weighted by atomic mass is 32.2. The van der Waals surface area contributed by atoms with E-state index < -0.39 is 17.9 Å². The summed E-state index contributed by atoms with van der Waals surface area (Å²) < 4.78 is 4.85. The van der Waals surface area contributed by atoms with Crippen LogP contribution in [-0.2, 0) is 9.53 Å². The summed E-state index contributed by atoms with van der Waals surface area (Å²) in [5.74, 6) is -1.61. The van der Waals surface area contributed by atoms with Gasteiger partial charge in [0.15, 0.2) is 5.78 Å². The van der Waals surface area contributed by atoms with Crippen molar-refractivity contribution >= 4 is 46.3 Å². The number of ketones is 2. The Balaban J connectivity index is 1.65. The van der Waals surface area contributed by atoms with Crippen LogP contribution in [0, 0.1) is 12.8 Å². The molecule has 1 saturated heterocycles. The van der Waals surface area contributed by atoms with E-state index in [-0.39, 0.29) is 18.2 Å². The van der Waals surface area contributed by atoms with Gasteiger partial charge in [-0.3, -0.25) is 14.4 Å². The monoisotopic (exact) mass is 457 g/mol. The highest BCUT2D eigenvalue weighted by molar-refractivity contribution is 8.07. The van der Waals surface area contributed by atoms with Crippen LogP contribution in [0.15, 0.2) is 57.9 Å². The minimum atomic E-state index is -0.935. The zero-order chi connectivity index (χ0) is 22.7. The summed E-state index contributed by atoms with van der Waals surface area (Å²) in [6.07, 6.45) is 0. The summed E-state index contributed by atoms with van der Waals surface area (Å²) in [7, 11) is 0. The SMILES string of the molecule is C=C(Nc1ccc(C(=O)C2COC(=O)C2N)cc1)S/C(C(=O)c1sccc1C)=C(\C)N. The molecule has 0 saturated carbocycles. The van der Waals surface area contributed by atoms with Crippen molar-refractivity contribution in [2.75, 3.05) is 11.9 Å². The number of cyclic esters (lactones) is 1. The van der Waals surface area contributed by atoms with Gasteiger partial charge in [0.05, 0.1) is 20.7 Å². The largest absolute Gasteiger partial charge is 0.464 e. The molecule has 162 valence electrons. The molecule has 0 spiro atoms. The molecule has 1 aromatic heterocycles. The number of aryl methyl sites for hydroxylation is 1. The van der Waals surface area contributed by atoms with Gasteiger partial charge in [-0.25, -0.2) is 0 Å². The van der Waals surface area contributed by atoms with Crippen molar-refractivity contribution < 1.29 is 19.1 Å². The Morgan fingerprint density at radius 1 is 1.26 bits per heavy atom. The molecule has 0 bridgehead atoms. The van der Waals surface area contributed by atoms with Crippen LogP contribution in [0.3, 0.4) is 0 Å².